The number of benzene rings is 1. The zero-order valence-electron chi connectivity index (χ0n) is 14.7. The third kappa shape index (κ3) is 3.31. The molecule has 2 bridgehead atoms. The van der Waals surface area contributed by atoms with E-state index in [0.717, 1.165) is 63.6 Å². The van der Waals surface area contributed by atoms with Gasteiger partial charge in [0.2, 0.25) is 5.91 Å². The summed E-state index contributed by atoms with van der Waals surface area (Å²) in [4.78, 5) is 16.0. The Kier molecular flexibility index (Phi) is 5.69. The fraction of sp³-hybridized carbons (Fsp3) is 0.650. The predicted molar refractivity (Wildman–Crippen MR) is 99.6 cm³/mol. The van der Waals surface area contributed by atoms with E-state index in [2.05, 4.69) is 10.2 Å². The van der Waals surface area contributed by atoms with Gasteiger partial charge in [-0.2, -0.15) is 0 Å². The molecule has 1 amide bonds. The summed E-state index contributed by atoms with van der Waals surface area (Å²) in [7, 11) is 0. The summed E-state index contributed by atoms with van der Waals surface area (Å²) in [5, 5.41) is 3.47. The molecule has 2 atom stereocenters. The number of nitrogens with zero attached hydrogens (tertiary/aromatic N) is 1. The van der Waals surface area contributed by atoms with E-state index >= 15 is 0 Å². The van der Waals surface area contributed by atoms with Crippen LogP contribution in [-0.2, 0) is 10.2 Å². The minimum Gasteiger partial charge on any atom is -0.335 e. The highest BCUT2D eigenvalue weighted by Crippen LogP contribution is 2.44. The monoisotopic (exact) mass is 366 g/mol. The molecular formula is C20H28ClFN2O. The number of carbonyl (C=O) groups excluding carboxylic acids is 1. The van der Waals surface area contributed by atoms with E-state index in [9.17, 15) is 9.18 Å². The summed E-state index contributed by atoms with van der Waals surface area (Å²) >= 11 is 0. The van der Waals surface area contributed by atoms with Crippen LogP contribution in [0.5, 0.6) is 0 Å². The Morgan fingerprint density at radius 2 is 1.88 bits per heavy atom. The summed E-state index contributed by atoms with van der Waals surface area (Å²) in [5.74, 6) is 0.0368. The average Bonchev–Trinajstić information content (AvgIpc) is 2.87. The second-order valence-corrected chi connectivity index (χ2v) is 7.74. The number of carbonyl (C=O) groups is 1. The normalized spacial score (nSPS) is 28.1. The van der Waals surface area contributed by atoms with E-state index in [1.807, 2.05) is 6.07 Å². The molecule has 1 aromatic carbocycles. The van der Waals surface area contributed by atoms with E-state index < -0.39 is 5.41 Å². The molecule has 0 aromatic heterocycles. The zero-order chi connectivity index (χ0) is 16.6. The van der Waals surface area contributed by atoms with Crippen molar-refractivity contribution in [3.05, 3.63) is 35.6 Å². The Labute approximate surface area is 155 Å². The van der Waals surface area contributed by atoms with Gasteiger partial charge in [-0.15, -0.1) is 12.4 Å². The maximum absolute atomic E-state index is 13.9. The van der Waals surface area contributed by atoms with Crippen molar-refractivity contribution in [3.8, 4) is 0 Å². The molecule has 1 aliphatic carbocycles. The zero-order valence-corrected chi connectivity index (χ0v) is 15.5. The summed E-state index contributed by atoms with van der Waals surface area (Å²) in [6.07, 6.45) is 8.28. The Bertz CT molecular complexity index is 603. The first-order valence-corrected chi connectivity index (χ1v) is 9.50. The first-order valence-electron chi connectivity index (χ1n) is 9.50. The van der Waals surface area contributed by atoms with Crippen LogP contribution in [0.4, 0.5) is 4.39 Å². The van der Waals surface area contributed by atoms with Crippen LogP contribution >= 0.6 is 12.4 Å². The molecule has 138 valence electrons. The second-order valence-electron chi connectivity index (χ2n) is 7.74. The van der Waals surface area contributed by atoms with E-state index in [4.69, 9.17) is 0 Å². The largest absolute Gasteiger partial charge is 0.335 e. The highest BCUT2D eigenvalue weighted by atomic mass is 35.5. The van der Waals surface area contributed by atoms with Crippen molar-refractivity contribution in [3.63, 3.8) is 0 Å². The molecule has 2 aliphatic heterocycles. The molecule has 2 unspecified atom stereocenters. The minimum atomic E-state index is -0.508. The Morgan fingerprint density at radius 3 is 2.64 bits per heavy atom. The molecule has 3 fully saturated rings. The smallest absolute Gasteiger partial charge is 0.233 e. The van der Waals surface area contributed by atoms with Crippen molar-refractivity contribution >= 4 is 18.3 Å². The van der Waals surface area contributed by atoms with E-state index in [1.54, 1.807) is 12.1 Å². The first kappa shape index (κ1) is 18.7. The van der Waals surface area contributed by atoms with Crippen LogP contribution in [0.3, 0.4) is 0 Å². The van der Waals surface area contributed by atoms with Gasteiger partial charge in [-0.05, 0) is 56.3 Å². The highest BCUT2D eigenvalue weighted by molar-refractivity contribution is 5.89. The fourth-order valence-corrected chi connectivity index (χ4v) is 5.13. The van der Waals surface area contributed by atoms with Gasteiger partial charge in [0.15, 0.2) is 0 Å². The molecule has 2 heterocycles. The van der Waals surface area contributed by atoms with E-state index in [-0.39, 0.29) is 24.1 Å². The lowest BCUT2D eigenvalue weighted by atomic mass is 9.68. The van der Waals surface area contributed by atoms with Crippen molar-refractivity contribution < 1.29 is 9.18 Å². The molecule has 5 heteroatoms. The maximum atomic E-state index is 13.9. The summed E-state index contributed by atoms with van der Waals surface area (Å²) < 4.78 is 13.9. The molecule has 4 rings (SSSR count). The predicted octanol–water partition coefficient (Wildman–Crippen LogP) is 3.80. The lowest BCUT2D eigenvalue weighted by Crippen LogP contribution is -2.53. The van der Waals surface area contributed by atoms with Crippen LogP contribution in [0.1, 0.15) is 56.9 Å². The second kappa shape index (κ2) is 7.63. The van der Waals surface area contributed by atoms with Gasteiger partial charge in [0, 0.05) is 18.6 Å². The van der Waals surface area contributed by atoms with Gasteiger partial charge in [0.25, 0.3) is 0 Å². The molecule has 0 radical (unpaired) electrons. The number of fused-ring (bicyclic) bond motifs is 2. The van der Waals surface area contributed by atoms with Crippen LogP contribution in [0, 0.1) is 5.82 Å². The van der Waals surface area contributed by atoms with E-state index in [1.165, 1.54) is 12.5 Å². The fourth-order valence-electron chi connectivity index (χ4n) is 5.13. The number of hydrogen-bond donors (Lipinski definition) is 1. The standard InChI is InChI=1S/C20H27FN2O.ClH/c21-16-6-4-5-15(13-16)20(10-2-1-3-11-20)19(24)23-17-7-8-18(23)14-22-12-9-17;/h4-6,13,17-18,22H,1-3,7-12,14H2;1H. The van der Waals surface area contributed by atoms with Crippen molar-refractivity contribution in [2.45, 2.75) is 68.9 Å². The Morgan fingerprint density at radius 1 is 1.12 bits per heavy atom. The first-order chi connectivity index (χ1) is 11.7. The van der Waals surface area contributed by atoms with Gasteiger partial charge in [-0.25, -0.2) is 4.39 Å². The minimum absolute atomic E-state index is 0. The molecule has 25 heavy (non-hydrogen) atoms. The summed E-state index contributed by atoms with van der Waals surface area (Å²) in [6.45, 7) is 1.90. The molecule has 2 saturated heterocycles. The van der Waals surface area contributed by atoms with Crippen LogP contribution in [-0.4, -0.2) is 36.0 Å². The number of hydrogen-bond acceptors (Lipinski definition) is 2. The third-order valence-electron chi connectivity index (χ3n) is 6.38. The number of rotatable bonds is 2. The van der Waals surface area contributed by atoms with Gasteiger partial charge in [0.1, 0.15) is 5.82 Å². The van der Waals surface area contributed by atoms with E-state index in [0.29, 0.717) is 12.1 Å². The number of amides is 1. The molecule has 3 aliphatic rings. The molecule has 1 N–H and O–H groups in total. The van der Waals surface area contributed by atoms with Crippen molar-refractivity contribution in [1.82, 2.24) is 10.2 Å². The Balaban J connectivity index is 0.00000182. The quantitative estimate of drug-likeness (QED) is 0.863. The number of halogens is 2. The van der Waals surface area contributed by atoms with Crippen LogP contribution < -0.4 is 5.32 Å². The Hall–Kier alpha value is -1.13. The lowest BCUT2D eigenvalue weighted by molar-refractivity contribution is -0.141. The summed E-state index contributed by atoms with van der Waals surface area (Å²) in [6, 6.07) is 7.48. The number of nitrogens with one attached hydrogen (secondary N) is 1. The average molecular weight is 367 g/mol. The lowest BCUT2D eigenvalue weighted by Gasteiger charge is -2.42. The summed E-state index contributed by atoms with van der Waals surface area (Å²) in [5.41, 5.74) is 0.384. The van der Waals surface area contributed by atoms with Crippen molar-refractivity contribution in [1.29, 1.82) is 0 Å². The molecule has 1 saturated carbocycles. The molecular weight excluding hydrogens is 339 g/mol. The van der Waals surface area contributed by atoms with Gasteiger partial charge in [0.05, 0.1) is 5.41 Å². The SMILES string of the molecule is Cl.O=C(N1C2CCNCC1CC2)C1(c2cccc(F)c2)CCCCC1. The third-order valence-corrected chi connectivity index (χ3v) is 6.38. The van der Waals surface area contributed by atoms with Crippen molar-refractivity contribution in [2.75, 3.05) is 13.1 Å². The molecule has 3 nitrogen and oxygen atoms in total. The van der Waals surface area contributed by atoms with Gasteiger partial charge in [-0.3, -0.25) is 4.79 Å². The molecule has 1 aromatic rings. The van der Waals surface area contributed by atoms with Crippen LogP contribution in [0.25, 0.3) is 0 Å². The van der Waals surface area contributed by atoms with Crippen LogP contribution in [0.2, 0.25) is 0 Å². The van der Waals surface area contributed by atoms with Gasteiger partial charge >= 0.3 is 0 Å². The topological polar surface area (TPSA) is 32.3 Å². The maximum Gasteiger partial charge on any atom is 0.233 e. The molecule has 0 spiro atoms. The van der Waals surface area contributed by atoms with Gasteiger partial charge in [-0.1, -0.05) is 31.4 Å². The highest BCUT2D eigenvalue weighted by Gasteiger charge is 2.49. The van der Waals surface area contributed by atoms with Crippen molar-refractivity contribution in [2.24, 2.45) is 0 Å². The van der Waals surface area contributed by atoms with Crippen LogP contribution in [0.15, 0.2) is 24.3 Å². The van der Waals surface area contributed by atoms with Gasteiger partial charge < -0.3 is 10.2 Å².